The van der Waals surface area contributed by atoms with Crippen molar-refractivity contribution in [2.45, 2.75) is 19.3 Å². The molecule has 13 heavy (non-hydrogen) atoms. The SMILES string of the molecule is Cl.[N-]=[N+]=NCC12CCCC1CNC2. The lowest BCUT2D eigenvalue weighted by Gasteiger charge is -2.25. The number of hydrogen-bond acceptors (Lipinski definition) is 2. The van der Waals surface area contributed by atoms with Crippen molar-refractivity contribution >= 4 is 12.4 Å². The van der Waals surface area contributed by atoms with E-state index in [0.29, 0.717) is 12.0 Å². The zero-order valence-corrected chi connectivity index (χ0v) is 8.39. The maximum absolute atomic E-state index is 8.28. The molecule has 2 atom stereocenters. The average molecular weight is 203 g/mol. The Morgan fingerprint density at radius 1 is 1.62 bits per heavy atom. The maximum Gasteiger partial charge on any atom is 0.0329 e. The summed E-state index contributed by atoms with van der Waals surface area (Å²) in [6.45, 7) is 2.87. The van der Waals surface area contributed by atoms with E-state index < -0.39 is 0 Å². The highest BCUT2D eigenvalue weighted by Crippen LogP contribution is 2.45. The summed E-state index contributed by atoms with van der Waals surface area (Å²) in [5.74, 6) is 0.767. The van der Waals surface area contributed by atoms with Crippen molar-refractivity contribution < 1.29 is 0 Å². The number of azide groups is 1. The van der Waals surface area contributed by atoms with E-state index in [-0.39, 0.29) is 12.4 Å². The Kier molecular flexibility index (Phi) is 3.42. The summed E-state index contributed by atoms with van der Waals surface area (Å²) < 4.78 is 0. The molecular formula is C8H15ClN4. The molecule has 1 N–H and O–H groups in total. The molecule has 0 bridgehead atoms. The predicted molar refractivity (Wildman–Crippen MR) is 53.9 cm³/mol. The number of nitrogens with zero attached hydrogens (tertiary/aromatic N) is 3. The van der Waals surface area contributed by atoms with Crippen LogP contribution in [-0.4, -0.2) is 19.6 Å². The summed E-state index contributed by atoms with van der Waals surface area (Å²) in [6, 6.07) is 0. The highest BCUT2D eigenvalue weighted by Gasteiger charge is 2.45. The van der Waals surface area contributed by atoms with Crippen molar-refractivity contribution in [2.75, 3.05) is 19.6 Å². The van der Waals surface area contributed by atoms with Gasteiger partial charge in [-0.1, -0.05) is 11.5 Å². The minimum absolute atomic E-state index is 0. The quantitative estimate of drug-likeness (QED) is 0.416. The van der Waals surface area contributed by atoms with Gasteiger partial charge >= 0.3 is 0 Å². The van der Waals surface area contributed by atoms with E-state index >= 15 is 0 Å². The van der Waals surface area contributed by atoms with Gasteiger partial charge in [0.25, 0.3) is 0 Å². The highest BCUT2D eigenvalue weighted by molar-refractivity contribution is 5.85. The Morgan fingerprint density at radius 3 is 3.23 bits per heavy atom. The minimum atomic E-state index is 0. The van der Waals surface area contributed by atoms with Gasteiger partial charge in [-0.2, -0.15) is 0 Å². The van der Waals surface area contributed by atoms with Gasteiger partial charge in [-0.05, 0) is 36.3 Å². The summed E-state index contributed by atoms with van der Waals surface area (Å²) in [5.41, 5.74) is 8.61. The van der Waals surface area contributed by atoms with E-state index in [1.165, 1.54) is 19.3 Å². The molecule has 1 aliphatic carbocycles. The second-order valence-electron chi connectivity index (χ2n) is 3.97. The second-order valence-corrected chi connectivity index (χ2v) is 3.97. The molecule has 1 heterocycles. The normalized spacial score (nSPS) is 36.2. The van der Waals surface area contributed by atoms with Gasteiger partial charge in [0.1, 0.15) is 0 Å². The summed E-state index contributed by atoms with van der Waals surface area (Å²) in [6.07, 6.45) is 3.87. The molecule has 0 amide bonds. The largest absolute Gasteiger partial charge is 0.316 e. The second kappa shape index (κ2) is 4.18. The molecular weight excluding hydrogens is 188 g/mol. The van der Waals surface area contributed by atoms with E-state index in [0.717, 1.165) is 19.0 Å². The summed E-state index contributed by atoms with van der Waals surface area (Å²) in [4.78, 5) is 2.85. The Hall–Kier alpha value is -0.440. The molecule has 4 nitrogen and oxygen atoms in total. The third-order valence-corrected chi connectivity index (χ3v) is 3.41. The lowest BCUT2D eigenvalue weighted by molar-refractivity contribution is 0.281. The van der Waals surface area contributed by atoms with Crippen LogP contribution in [0.5, 0.6) is 0 Å². The fourth-order valence-electron chi connectivity index (χ4n) is 2.69. The van der Waals surface area contributed by atoms with Crippen molar-refractivity contribution in [2.24, 2.45) is 16.4 Å². The number of nitrogens with one attached hydrogen (secondary N) is 1. The molecule has 1 aliphatic heterocycles. The Bertz CT molecular complexity index is 214. The van der Waals surface area contributed by atoms with Gasteiger partial charge in [0.05, 0.1) is 0 Å². The first kappa shape index (κ1) is 10.6. The lowest BCUT2D eigenvalue weighted by Crippen LogP contribution is -2.28. The van der Waals surface area contributed by atoms with Crippen LogP contribution < -0.4 is 5.32 Å². The molecule has 1 saturated carbocycles. The van der Waals surface area contributed by atoms with E-state index in [9.17, 15) is 0 Å². The molecule has 2 fully saturated rings. The maximum atomic E-state index is 8.28. The van der Waals surface area contributed by atoms with E-state index in [1.807, 2.05) is 0 Å². The van der Waals surface area contributed by atoms with Crippen LogP contribution in [0.15, 0.2) is 5.11 Å². The molecule has 2 unspecified atom stereocenters. The van der Waals surface area contributed by atoms with Crippen molar-refractivity contribution in [3.8, 4) is 0 Å². The monoisotopic (exact) mass is 202 g/mol. The standard InChI is InChI=1S/C8H14N4.ClH/c9-12-11-6-8-3-1-2-7(8)4-10-5-8;/h7,10H,1-6H2;1H. The summed E-state index contributed by atoms with van der Waals surface area (Å²) in [7, 11) is 0. The van der Waals surface area contributed by atoms with Gasteiger partial charge in [-0.15, -0.1) is 12.4 Å². The molecule has 2 rings (SSSR count). The average Bonchev–Trinajstić information content (AvgIpc) is 2.58. The smallest absolute Gasteiger partial charge is 0.0329 e. The molecule has 2 aliphatic rings. The molecule has 0 aromatic heterocycles. The predicted octanol–water partition coefficient (Wildman–Crippen LogP) is 2.11. The third kappa shape index (κ3) is 1.75. The molecule has 0 radical (unpaired) electrons. The third-order valence-electron chi connectivity index (χ3n) is 3.41. The van der Waals surface area contributed by atoms with Gasteiger partial charge in [-0.25, -0.2) is 0 Å². The van der Waals surface area contributed by atoms with Gasteiger partial charge in [-0.3, -0.25) is 0 Å². The van der Waals surface area contributed by atoms with E-state index in [1.54, 1.807) is 0 Å². The Morgan fingerprint density at radius 2 is 2.46 bits per heavy atom. The number of fused-ring (bicyclic) bond motifs is 1. The van der Waals surface area contributed by atoms with Crippen molar-refractivity contribution in [1.82, 2.24) is 5.32 Å². The fourth-order valence-corrected chi connectivity index (χ4v) is 2.69. The van der Waals surface area contributed by atoms with Crippen LogP contribution >= 0.6 is 12.4 Å². The van der Waals surface area contributed by atoms with Crippen LogP contribution in [-0.2, 0) is 0 Å². The van der Waals surface area contributed by atoms with Crippen LogP contribution in [0.3, 0.4) is 0 Å². The fraction of sp³-hybridized carbons (Fsp3) is 1.00. The van der Waals surface area contributed by atoms with Crippen LogP contribution in [0, 0.1) is 11.3 Å². The topological polar surface area (TPSA) is 60.8 Å². The molecule has 0 aromatic rings. The number of rotatable bonds is 2. The highest BCUT2D eigenvalue weighted by atomic mass is 35.5. The first-order chi connectivity index (χ1) is 5.87. The van der Waals surface area contributed by atoms with Crippen LogP contribution in [0.4, 0.5) is 0 Å². The molecule has 0 spiro atoms. The summed E-state index contributed by atoms with van der Waals surface area (Å²) >= 11 is 0. The molecule has 5 heteroatoms. The van der Waals surface area contributed by atoms with Gasteiger partial charge in [0, 0.05) is 18.0 Å². The van der Waals surface area contributed by atoms with E-state index in [2.05, 4.69) is 15.3 Å². The molecule has 74 valence electrons. The van der Waals surface area contributed by atoms with Crippen LogP contribution in [0.1, 0.15) is 19.3 Å². The zero-order chi connectivity index (χ0) is 8.44. The Balaban J connectivity index is 0.000000845. The first-order valence-corrected chi connectivity index (χ1v) is 4.59. The molecule has 0 aromatic carbocycles. The number of halogens is 1. The van der Waals surface area contributed by atoms with Crippen LogP contribution in [0.25, 0.3) is 10.4 Å². The first-order valence-electron chi connectivity index (χ1n) is 4.59. The lowest BCUT2D eigenvalue weighted by atomic mass is 9.81. The number of hydrogen-bond donors (Lipinski definition) is 1. The minimum Gasteiger partial charge on any atom is -0.316 e. The Labute approximate surface area is 84.1 Å². The van der Waals surface area contributed by atoms with Crippen molar-refractivity contribution in [1.29, 1.82) is 0 Å². The van der Waals surface area contributed by atoms with Gasteiger partial charge < -0.3 is 5.32 Å². The van der Waals surface area contributed by atoms with Gasteiger partial charge in [0.2, 0.25) is 0 Å². The summed E-state index contributed by atoms with van der Waals surface area (Å²) in [5, 5.41) is 7.12. The van der Waals surface area contributed by atoms with Crippen molar-refractivity contribution in [3.05, 3.63) is 10.4 Å². The van der Waals surface area contributed by atoms with E-state index in [4.69, 9.17) is 5.53 Å². The van der Waals surface area contributed by atoms with Crippen LogP contribution in [0.2, 0.25) is 0 Å². The van der Waals surface area contributed by atoms with Gasteiger partial charge in [0.15, 0.2) is 0 Å². The van der Waals surface area contributed by atoms with Crippen molar-refractivity contribution in [3.63, 3.8) is 0 Å². The zero-order valence-electron chi connectivity index (χ0n) is 7.57. The molecule has 1 saturated heterocycles.